The van der Waals surface area contributed by atoms with Crippen LogP contribution in [-0.2, 0) is 4.79 Å². The van der Waals surface area contributed by atoms with Crippen LogP contribution >= 0.6 is 11.3 Å². The van der Waals surface area contributed by atoms with Crippen LogP contribution in [-0.4, -0.2) is 54.5 Å². The number of urea groups is 1. The van der Waals surface area contributed by atoms with Crippen LogP contribution in [0.25, 0.3) is 0 Å². The van der Waals surface area contributed by atoms with Gasteiger partial charge in [0.05, 0.1) is 0 Å². The summed E-state index contributed by atoms with van der Waals surface area (Å²) in [6, 6.07) is 2.10. The highest BCUT2D eigenvalue weighted by Crippen LogP contribution is 2.31. The normalized spacial score (nSPS) is 20.0. The number of carbonyl (C=O) groups excluding carboxylic acids is 2. The van der Waals surface area contributed by atoms with Crippen LogP contribution in [0.1, 0.15) is 37.7 Å². The molecule has 0 unspecified atom stereocenters. The molecule has 2 fully saturated rings. The fourth-order valence-electron chi connectivity index (χ4n) is 2.95. The van der Waals surface area contributed by atoms with Crippen LogP contribution in [0.3, 0.4) is 0 Å². The second-order valence-corrected chi connectivity index (χ2v) is 7.36. The second-order valence-electron chi connectivity index (χ2n) is 6.58. The predicted molar refractivity (Wildman–Crippen MR) is 91.6 cm³/mol. The van der Waals surface area contributed by atoms with Gasteiger partial charge in [-0.05, 0) is 47.6 Å². The van der Waals surface area contributed by atoms with Crippen molar-refractivity contribution >= 4 is 23.3 Å². The van der Waals surface area contributed by atoms with E-state index in [9.17, 15) is 9.59 Å². The van der Waals surface area contributed by atoms with Crippen molar-refractivity contribution in [2.45, 2.75) is 32.1 Å². The number of nitrogens with zero attached hydrogens (tertiary/aromatic N) is 2. The highest BCUT2D eigenvalue weighted by atomic mass is 32.1. The number of nitrogens with one attached hydrogen (secondary N) is 1. The fraction of sp³-hybridized carbons (Fsp3) is 0.647. The van der Waals surface area contributed by atoms with E-state index in [4.69, 9.17) is 0 Å². The van der Waals surface area contributed by atoms with Gasteiger partial charge in [0.1, 0.15) is 0 Å². The average molecular weight is 335 g/mol. The molecule has 1 aromatic heterocycles. The molecule has 0 radical (unpaired) electrons. The second kappa shape index (κ2) is 7.34. The van der Waals surface area contributed by atoms with E-state index < -0.39 is 0 Å². The molecule has 1 saturated heterocycles. The lowest BCUT2D eigenvalue weighted by atomic mass is 10.1. The molecule has 23 heavy (non-hydrogen) atoms. The maximum absolute atomic E-state index is 12.4. The highest BCUT2D eigenvalue weighted by molar-refractivity contribution is 7.07. The van der Waals surface area contributed by atoms with Crippen LogP contribution in [0.5, 0.6) is 0 Å². The lowest BCUT2D eigenvalue weighted by Gasteiger charge is -2.23. The Balaban J connectivity index is 1.45. The van der Waals surface area contributed by atoms with Gasteiger partial charge in [-0.15, -0.1) is 0 Å². The van der Waals surface area contributed by atoms with Crippen molar-refractivity contribution in [3.63, 3.8) is 0 Å². The largest absolute Gasteiger partial charge is 0.341 e. The number of carbonyl (C=O) groups is 2. The van der Waals surface area contributed by atoms with Gasteiger partial charge >= 0.3 is 6.03 Å². The zero-order valence-corrected chi connectivity index (χ0v) is 14.5. The topological polar surface area (TPSA) is 52.7 Å². The summed E-state index contributed by atoms with van der Waals surface area (Å²) in [5.74, 6) is 0.880. The Kier molecular flexibility index (Phi) is 5.20. The molecular weight excluding hydrogens is 310 g/mol. The lowest BCUT2D eigenvalue weighted by Crippen LogP contribution is -2.43. The highest BCUT2D eigenvalue weighted by Gasteiger charge is 2.34. The van der Waals surface area contributed by atoms with E-state index in [2.05, 4.69) is 29.1 Å². The van der Waals surface area contributed by atoms with E-state index in [0.717, 1.165) is 32.4 Å². The van der Waals surface area contributed by atoms with Crippen molar-refractivity contribution < 1.29 is 9.59 Å². The van der Waals surface area contributed by atoms with Gasteiger partial charge in [-0.1, -0.05) is 6.92 Å². The van der Waals surface area contributed by atoms with Crippen LogP contribution in [0.4, 0.5) is 4.79 Å². The van der Waals surface area contributed by atoms with E-state index in [0.29, 0.717) is 31.5 Å². The molecule has 2 aliphatic rings. The van der Waals surface area contributed by atoms with Crippen molar-refractivity contribution in [2.24, 2.45) is 5.92 Å². The molecule has 0 bridgehead atoms. The molecule has 5 nitrogen and oxygen atoms in total. The maximum atomic E-state index is 12.4. The standard InChI is InChI=1S/C17H25N3O2S/c1-13(15-5-10-23-12-15)11-18-17(22)20-7-2-6-19(8-9-20)16(21)14-3-4-14/h5,10,12-14H,2-4,6-9,11H2,1H3,(H,18,22)/t13-/m0/s1. The van der Waals surface area contributed by atoms with Crippen LogP contribution in [0, 0.1) is 5.92 Å². The lowest BCUT2D eigenvalue weighted by molar-refractivity contribution is -0.132. The maximum Gasteiger partial charge on any atom is 0.317 e. The Hall–Kier alpha value is -1.56. The van der Waals surface area contributed by atoms with Gasteiger partial charge in [-0.25, -0.2) is 4.79 Å². The first-order valence-corrected chi connectivity index (χ1v) is 9.43. The zero-order chi connectivity index (χ0) is 16.2. The molecule has 1 N–H and O–H groups in total. The first kappa shape index (κ1) is 16.3. The third-order valence-corrected chi connectivity index (χ3v) is 5.39. The zero-order valence-electron chi connectivity index (χ0n) is 13.7. The molecule has 1 saturated carbocycles. The molecule has 1 aliphatic heterocycles. The average Bonchev–Trinajstić information content (AvgIpc) is 3.32. The van der Waals surface area contributed by atoms with Gasteiger partial charge in [0.25, 0.3) is 0 Å². The van der Waals surface area contributed by atoms with Gasteiger partial charge in [0.2, 0.25) is 5.91 Å². The Morgan fingerprint density at radius 3 is 2.70 bits per heavy atom. The molecule has 1 aliphatic carbocycles. The van der Waals surface area contributed by atoms with Crippen LogP contribution in [0.2, 0.25) is 0 Å². The summed E-state index contributed by atoms with van der Waals surface area (Å²) in [6.45, 7) is 5.59. The van der Waals surface area contributed by atoms with E-state index in [1.165, 1.54) is 5.56 Å². The molecule has 2 heterocycles. The number of thiophene rings is 1. The summed E-state index contributed by atoms with van der Waals surface area (Å²) >= 11 is 1.68. The first-order valence-electron chi connectivity index (χ1n) is 8.49. The molecule has 6 heteroatoms. The van der Waals surface area contributed by atoms with Crippen molar-refractivity contribution in [3.8, 4) is 0 Å². The molecular formula is C17H25N3O2S. The molecule has 1 atom stereocenters. The van der Waals surface area contributed by atoms with Crippen LogP contribution < -0.4 is 5.32 Å². The van der Waals surface area contributed by atoms with E-state index >= 15 is 0 Å². The number of hydrogen-bond acceptors (Lipinski definition) is 3. The van der Waals surface area contributed by atoms with Crippen molar-refractivity contribution in [2.75, 3.05) is 32.7 Å². The van der Waals surface area contributed by atoms with Gasteiger partial charge < -0.3 is 15.1 Å². The summed E-state index contributed by atoms with van der Waals surface area (Å²) in [6.07, 6.45) is 2.95. The van der Waals surface area contributed by atoms with Crippen molar-refractivity contribution in [1.29, 1.82) is 0 Å². The third kappa shape index (κ3) is 4.25. The molecule has 1 aromatic rings. The van der Waals surface area contributed by atoms with Gasteiger partial charge in [-0.2, -0.15) is 11.3 Å². The fourth-order valence-corrected chi connectivity index (χ4v) is 3.74. The monoisotopic (exact) mass is 335 g/mol. The predicted octanol–water partition coefficient (Wildman–Crippen LogP) is 2.51. The van der Waals surface area contributed by atoms with Gasteiger partial charge in [0.15, 0.2) is 0 Å². The van der Waals surface area contributed by atoms with Crippen molar-refractivity contribution in [1.82, 2.24) is 15.1 Å². The minimum Gasteiger partial charge on any atom is -0.341 e. The minimum absolute atomic E-state index is 0.00667. The minimum atomic E-state index is -0.00667. The molecule has 3 amide bonds. The molecule has 0 aromatic carbocycles. The van der Waals surface area contributed by atoms with Crippen molar-refractivity contribution in [3.05, 3.63) is 22.4 Å². The van der Waals surface area contributed by atoms with Gasteiger partial charge in [-0.3, -0.25) is 4.79 Å². The number of rotatable bonds is 4. The Labute approximate surface area is 141 Å². The Morgan fingerprint density at radius 1 is 1.26 bits per heavy atom. The summed E-state index contributed by atoms with van der Waals surface area (Å²) in [4.78, 5) is 28.3. The van der Waals surface area contributed by atoms with E-state index in [1.807, 2.05) is 9.80 Å². The third-order valence-electron chi connectivity index (χ3n) is 4.69. The molecule has 3 rings (SSSR count). The van der Waals surface area contributed by atoms with E-state index in [1.54, 1.807) is 11.3 Å². The summed E-state index contributed by atoms with van der Waals surface area (Å²) in [5.41, 5.74) is 1.27. The summed E-state index contributed by atoms with van der Waals surface area (Å²) in [5, 5.41) is 7.23. The quantitative estimate of drug-likeness (QED) is 0.919. The Morgan fingerprint density at radius 2 is 2.00 bits per heavy atom. The van der Waals surface area contributed by atoms with Crippen LogP contribution in [0.15, 0.2) is 16.8 Å². The summed E-state index contributed by atoms with van der Waals surface area (Å²) < 4.78 is 0. The smallest absolute Gasteiger partial charge is 0.317 e. The molecule has 0 spiro atoms. The van der Waals surface area contributed by atoms with E-state index in [-0.39, 0.29) is 11.9 Å². The first-order chi connectivity index (χ1) is 11.1. The summed E-state index contributed by atoms with van der Waals surface area (Å²) in [7, 11) is 0. The SMILES string of the molecule is C[C@@H](CNC(=O)N1CCCN(C(=O)C2CC2)CC1)c1ccsc1. The number of amides is 3. The number of hydrogen-bond donors (Lipinski definition) is 1. The van der Waals surface area contributed by atoms with Gasteiger partial charge in [0, 0.05) is 38.6 Å². The molecule has 126 valence electrons. The Bertz CT molecular complexity index is 542.